The number of carbonyl (C=O) groups is 2. The Morgan fingerprint density at radius 1 is 0.967 bits per heavy atom. The predicted octanol–water partition coefficient (Wildman–Crippen LogP) is 4.02. The van der Waals surface area contributed by atoms with Crippen LogP contribution in [0.4, 0.5) is 0 Å². The molecule has 0 atom stereocenters. The Morgan fingerprint density at radius 3 is 2.40 bits per heavy atom. The van der Waals surface area contributed by atoms with Crippen LogP contribution in [0.3, 0.4) is 0 Å². The molecule has 0 aromatic heterocycles. The highest BCUT2D eigenvalue weighted by atomic mass is 16.5. The summed E-state index contributed by atoms with van der Waals surface area (Å²) in [5, 5.41) is 5.07. The molecule has 154 valence electrons. The lowest BCUT2D eigenvalue weighted by Crippen LogP contribution is -2.43. The Hall–Kier alpha value is -3.34. The van der Waals surface area contributed by atoms with Crippen LogP contribution in [-0.2, 0) is 11.3 Å². The third-order valence-corrected chi connectivity index (χ3v) is 5.80. The van der Waals surface area contributed by atoms with Gasteiger partial charge in [0.1, 0.15) is 5.75 Å². The van der Waals surface area contributed by atoms with Gasteiger partial charge in [-0.1, -0.05) is 48.5 Å². The minimum atomic E-state index is -0.0557. The first-order valence-corrected chi connectivity index (χ1v) is 10.3. The van der Waals surface area contributed by atoms with Gasteiger partial charge in [-0.3, -0.25) is 9.59 Å². The van der Waals surface area contributed by atoms with Crippen LogP contribution in [0.15, 0.2) is 66.7 Å². The molecular formula is C25H26N2O3. The molecule has 0 aliphatic carbocycles. The van der Waals surface area contributed by atoms with Gasteiger partial charge in [0.05, 0.1) is 7.11 Å². The number of nitrogens with one attached hydrogen (secondary N) is 1. The van der Waals surface area contributed by atoms with Crippen molar-refractivity contribution >= 4 is 22.6 Å². The number of likely N-dealkylation sites (tertiary alicyclic amines) is 1. The molecular weight excluding hydrogens is 376 g/mol. The molecule has 5 nitrogen and oxygen atoms in total. The van der Waals surface area contributed by atoms with E-state index in [-0.39, 0.29) is 17.7 Å². The fourth-order valence-electron chi connectivity index (χ4n) is 4.00. The van der Waals surface area contributed by atoms with E-state index in [2.05, 4.69) is 5.32 Å². The first kappa shape index (κ1) is 20.0. The third kappa shape index (κ3) is 4.30. The number of hydrogen-bond acceptors (Lipinski definition) is 3. The molecule has 0 saturated carbocycles. The fraction of sp³-hybridized carbons (Fsp3) is 0.280. The second-order valence-electron chi connectivity index (χ2n) is 7.66. The first-order chi connectivity index (χ1) is 14.7. The Morgan fingerprint density at radius 2 is 1.67 bits per heavy atom. The van der Waals surface area contributed by atoms with Crippen LogP contribution in [0.5, 0.6) is 5.75 Å². The van der Waals surface area contributed by atoms with Crippen molar-refractivity contribution in [1.29, 1.82) is 0 Å². The topological polar surface area (TPSA) is 58.6 Å². The van der Waals surface area contributed by atoms with E-state index in [9.17, 15) is 9.59 Å². The third-order valence-electron chi connectivity index (χ3n) is 5.80. The van der Waals surface area contributed by atoms with Crippen molar-refractivity contribution in [2.75, 3.05) is 20.2 Å². The molecule has 2 amide bonds. The zero-order valence-corrected chi connectivity index (χ0v) is 17.1. The molecule has 0 bridgehead atoms. The number of hydrogen-bond donors (Lipinski definition) is 1. The number of nitrogens with zero attached hydrogens (tertiary/aromatic N) is 1. The number of amides is 2. The Bertz CT molecular complexity index is 1030. The number of fused-ring (bicyclic) bond motifs is 1. The Labute approximate surface area is 176 Å². The van der Waals surface area contributed by atoms with Gasteiger partial charge < -0.3 is 15.0 Å². The summed E-state index contributed by atoms with van der Waals surface area (Å²) in [5.74, 6) is 0.847. The molecule has 1 heterocycles. The average molecular weight is 402 g/mol. The zero-order valence-electron chi connectivity index (χ0n) is 17.1. The molecule has 0 spiro atoms. The molecule has 1 N–H and O–H groups in total. The van der Waals surface area contributed by atoms with Crippen molar-refractivity contribution in [3.05, 3.63) is 77.9 Å². The van der Waals surface area contributed by atoms with Crippen LogP contribution in [0, 0.1) is 5.92 Å². The second-order valence-corrected chi connectivity index (χ2v) is 7.66. The molecule has 0 radical (unpaired) electrons. The van der Waals surface area contributed by atoms with Crippen LogP contribution in [0.1, 0.15) is 28.8 Å². The normalized spacial score (nSPS) is 14.5. The lowest BCUT2D eigenvalue weighted by molar-refractivity contribution is -0.126. The number of piperidine rings is 1. The highest BCUT2D eigenvalue weighted by Crippen LogP contribution is 2.24. The number of ether oxygens (including phenoxy) is 1. The minimum absolute atomic E-state index is 0.0453. The van der Waals surface area contributed by atoms with E-state index in [0.717, 1.165) is 27.6 Å². The highest BCUT2D eigenvalue weighted by molar-refractivity contribution is 6.07. The van der Waals surface area contributed by atoms with Crippen LogP contribution in [-0.4, -0.2) is 36.9 Å². The molecule has 0 unspecified atom stereocenters. The molecule has 30 heavy (non-hydrogen) atoms. The summed E-state index contributed by atoms with van der Waals surface area (Å²) in [6, 6.07) is 21.4. The van der Waals surface area contributed by atoms with E-state index in [1.807, 2.05) is 71.6 Å². The van der Waals surface area contributed by atoms with E-state index >= 15 is 0 Å². The van der Waals surface area contributed by atoms with E-state index in [1.165, 1.54) is 0 Å². The fourth-order valence-corrected chi connectivity index (χ4v) is 4.00. The monoisotopic (exact) mass is 402 g/mol. The molecule has 1 aliphatic heterocycles. The lowest BCUT2D eigenvalue weighted by Gasteiger charge is -2.31. The van der Waals surface area contributed by atoms with Crippen molar-refractivity contribution < 1.29 is 14.3 Å². The predicted molar refractivity (Wildman–Crippen MR) is 117 cm³/mol. The van der Waals surface area contributed by atoms with Gasteiger partial charge in [0, 0.05) is 31.1 Å². The Kier molecular flexibility index (Phi) is 5.98. The number of methoxy groups -OCH3 is 1. The van der Waals surface area contributed by atoms with E-state index < -0.39 is 0 Å². The molecule has 1 aliphatic rings. The largest absolute Gasteiger partial charge is 0.497 e. The number of rotatable bonds is 5. The van der Waals surface area contributed by atoms with Crippen molar-refractivity contribution in [1.82, 2.24) is 10.2 Å². The summed E-state index contributed by atoms with van der Waals surface area (Å²) >= 11 is 0. The smallest absolute Gasteiger partial charge is 0.254 e. The van der Waals surface area contributed by atoms with Crippen molar-refractivity contribution in [3.8, 4) is 5.75 Å². The Balaban J connectivity index is 1.32. The summed E-state index contributed by atoms with van der Waals surface area (Å²) in [4.78, 5) is 27.5. The second kappa shape index (κ2) is 8.99. The number of benzene rings is 3. The maximum atomic E-state index is 13.1. The first-order valence-electron chi connectivity index (χ1n) is 10.3. The van der Waals surface area contributed by atoms with Gasteiger partial charge in [-0.15, -0.1) is 0 Å². The quantitative estimate of drug-likeness (QED) is 0.701. The summed E-state index contributed by atoms with van der Waals surface area (Å²) in [5.41, 5.74) is 1.77. The molecule has 1 fully saturated rings. The molecule has 1 saturated heterocycles. The van der Waals surface area contributed by atoms with E-state index in [0.29, 0.717) is 32.5 Å². The van der Waals surface area contributed by atoms with Crippen LogP contribution < -0.4 is 10.1 Å². The van der Waals surface area contributed by atoms with Crippen molar-refractivity contribution in [2.45, 2.75) is 19.4 Å². The van der Waals surface area contributed by atoms with Crippen LogP contribution in [0.2, 0.25) is 0 Å². The van der Waals surface area contributed by atoms with Gasteiger partial charge in [0.25, 0.3) is 5.91 Å². The van der Waals surface area contributed by atoms with Gasteiger partial charge >= 0.3 is 0 Å². The van der Waals surface area contributed by atoms with Crippen LogP contribution >= 0.6 is 0 Å². The summed E-state index contributed by atoms with van der Waals surface area (Å²) < 4.78 is 5.16. The van der Waals surface area contributed by atoms with Crippen molar-refractivity contribution in [3.63, 3.8) is 0 Å². The molecule has 5 heteroatoms. The van der Waals surface area contributed by atoms with Gasteiger partial charge in [-0.2, -0.15) is 0 Å². The highest BCUT2D eigenvalue weighted by Gasteiger charge is 2.28. The lowest BCUT2D eigenvalue weighted by atomic mass is 9.94. The van der Waals surface area contributed by atoms with Crippen molar-refractivity contribution in [2.24, 2.45) is 5.92 Å². The minimum Gasteiger partial charge on any atom is -0.497 e. The van der Waals surface area contributed by atoms with E-state index in [4.69, 9.17) is 4.74 Å². The summed E-state index contributed by atoms with van der Waals surface area (Å²) in [6.45, 7) is 1.70. The maximum Gasteiger partial charge on any atom is 0.254 e. The van der Waals surface area contributed by atoms with Crippen LogP contribution in [0.25, 0.3) is 10.8 Å². The SMILES string of the molecule is COc1ccc(CNC(=O)C2CCN(C(=O)c3cccc4ccccc34)CC2)cc1. The molecule has 3 aromatic carbocycles. The van der Waals surface area contributed by atoms with Gasteiger partial charge in [0.2, 0.25) is 5.91 Å². The molecule has 3 aromatic rings. The molecule has 4 rings (SSSR count). The zero-order chi connectivity index (χ0) is 20.9. The average Bonchev–Trinajstić information content (AvgIpc) is 2.82. The van der Waals surface area contributed by atoms with E-state index in [1.54, 1.807) is 7.11 Å². The summed E-state index contributed by atoms with van der Waals surface area (Å²) in [7, 11) is 1.63. The maximum absolute atomic E-state index is 13.1. The standard InChI is InChI=1S/C25H26N2O3/c1-30-21-11-9-18(10-12-21)17-26-24(28)20-13-15-27(16-14-20)25(29)23-8-4-6-19-5-2-3-7-22(19)23/h2-12,20H,13-17H2,1H3,(H,26,28). The van der Waals surface area contributed by atoms with Gasteiger partial charge in [0.15, 0.2) is 0 Å². The summed E-state index contributed by atoms with van der Waals surface area (Å²) in [6.07, 6.45) is 1.37. The number of carbonyl (C=O) groups excluding carboxylic acids is 2. The van der Waals surface area contributed by atoms with Gasteiger partial charge in [-0.05, 0) is 47.4 Å². The van der Waals surface area contributed by atoms with Gasteiger partial charge in [-0.25, -0.2) is 0 Å².